The normalized spacial score (nSPS) is 10.5. The number of rotatable bonds is 7. The van der Waals surface area contributed by atoms with Crippen LogP contribution in [0.25, 0.3) is 6.08 Å². The van der Waals surface area contributed by atoms with E-state index in [-0.39, 0.29) is 18.4 Å². The molecule has 24 heavy (non-hydrogen) atoms. The topological polar surface area (TPSA) is 62.3 Å². The van der Waals surface area contributed by atoms with E-state index in [1.54, 1.807) is 12.2 Å². The van der Waals surface area contributed by atoms with Crippen molar-refractivity contribution in [2.45, 2.75) is 6.92 Å². The second kappa shape index (κ2) is 8.79. The maximum absolute atomic E-state index is 12.3. The molecule has 1 heterocycles. The van der Waals surface area contributed by atoms with Crippen LogP contribution in [0.4, 0.5) is 5.13 Å². The summed E-state index contributed by atoms with van der Waals surface area (Å²) < 4.78 is 0. The average molecular weight is 341 g/mol. The van der Waals surface area contributed by atoms with Crippen LogP contribution in [0.1, 0.15) is 11.3 Å². The predicted molar refractivity (Wildman–Crippen MR) is 97.7 cm³/mol. The lowest BCUT2D eigenvalue weighted by atomic mass is 10.2. The number of carbonyl (C=O) groups is 2. The Balaban J connectivity index is 1.97. The zero-order valence-corrected chi connectivity index (χ0v) is 14.3. The highest BCUT2D eigenvalue weighted by molar-refractivity contribution is 7.13. The minimum Gasteiger partial charge on any atom is -0.326 e. The highest BCUT2D eigenvalue weighted by Crippen LogP contribution is 2.14. The summed E-state index contributed by atoms with van der Waals surface area (Å²) >= 11 is 1.35. The number of hydrogen-bond acceptors (Lipinski definition) is 4. The number of hydrogen-bond donors (Lipinski definition) is 1. The molecule has 0 aliphatic carbocycles. The average Bonchev–Trinajstić information content (AvgIpc) is 2.98. The molecule has 0 aliphatic heterocycles. The standard InChI is InChI=1S/C18H19N3O2S/c1-3-11-21(12-16(22)20-18-19-14(2)13-24-18)17(23)10-9-15-7-5-4-6-8-15/h3-10,13H,1,11-12H2,2H3,(H,19,20,22). The van der Waals surface area contributed by atoms with Crippen molar-refractivity contribution < 1.29 is 9.59 Å². The van der Waals surface area contributed by atoms with Crippen LogP contribution < -0.4 is 5.32 Å². The third kappa shape index (κ3) is 5.48. The van der Waals surface area contributed by atoms with E-state index in [0.717, 1.165) is 11.3 Å². The zero-order chi connectivity index (χ0) is 17.4. The van der Waals surface area contributed by atoms with E-state index in [4.69, 9.17) is 0 Å². The Morgan fingerprint density at radius 1 is 1.33 bits per heavy atom. The van der Waals surface area contributed by atoms with Crippen molar-refractivity contribution in [3.8, 4) is 0 Å². The third-order valence-corrected chi connectivity index (χ3v) is 3.95. The zero-order valence-electron chi connectivity index (χ0n) is 13.4. The summed E-state index contributed by atoms with van der Waals surface area (Å²) in [5.74, 6) is -0.531. The predicted octanol–water partition coefficient (Wildman–Crippen LogP) is 3.12. The van der Waals surface area contributed by atoms with Gasteiger partial charge < -0.3 is 10.2 Å². The molecule has 6 heteroatoms. The van der Waals surface area contributed by atoms with E-state index in [1.165, 1.54) is 22.3 Å². The van der Waals surface area contributed by atoms with Gasteiger partial charge in [0.05, 0.1) is 5.69 Å². The lowest BCUT2D eigenvalue weighted by Gasteiger charge is -2.18. The van der Waals surface area contributed by atoms with Crippen LogP contribution in [0.5, 0.6) is 0 Å². The number of aromatic nitrogens is 1. The minimum atomic E-state index is -0.285. The van der Waals surface area contributed by atoms with Crippen LogP contribution in [-0.2, 0) is 9.59 Å². The van der Waals surface area contributed by atoms with Crippen molar-refractivity contribution in [1.29, 1.82) is 0 Å². The Kier molecular flexibility index (Phi) is 6.45. The molecule has 0 fully saturated rings. The molecule has 2 rings (SSSR count). The molecule has 0 saturated heterocycles. The van der Waals surface area contributed by atoms with Crippen LogP contribution in [-0.4, -0.2) is 34.8 Å². The molecule has 0 atom stereocenters. The molecule has 0 aliphatic rings. The largest absolute Gasteiger partial charge is 0.326 e. The van der Waals surface area contributed by atoms with Crippen LogP contribution in [0.3, 0.4) is 0 Å². The third-order valence-electron chi connectivity index (χ3n) is 3.08. The molecule has 0 spiro atoms. The molecule has 0 radical (unpaired) electrons. The number of anilines is 1. The second-order valence-corrected chi connectivity index (χ2v) is 5.95. The van der Waals surface area contributed by atoms with Gasteiger partial charge in [-0.2, -0.15) is 0 Å². The molecule has 0 unspecified atom stereocenters. The molecule has 2 amide bonds. The molecule has 1 aromatic heterocycles. The molecule has 0 saturated carbocycles. The first-order chi connectivity index (χ1) is 11.6. The van der Waals surface area contributed by atoms with Gasteiger partial charge in [-0.3, -0.25) is 9.59 Å². The number of carbonyl (C=O) groups excluding carboxylic acids is 2. The molecule has 1 aromatic carbocycles. The van der Waals surface area contributed by atoms with Gasteiger partial charge in [-0.15, -0.1) is 17.9 Å². The van der Waals surface area contributed by atoms with Gasteiger partial charge in [0.15, 0.2) is 5.13 Å². The van der Waals surface area contributed by atoms with Gasteiger partial charge in [0.25, 0.3) is 0 Å². The molecule has 124 valence electrons. The van der Waals surface area contributed by atoms with Gasteiger partial charge in [-0.1, -0.05) is 36.4 Å². The SMILES string of the molecule is C=CCN(CC(=O)Nc1nc(C)cs1)C(=O)C=Cc1ccccc1. The minimum absolute atomic E-state index is 0.0530. The molecule has 5 nitrogen and oxygen atoms in total. The molecular formula is C18H19N3O2S. The first-order valence-electron chi connectivity index (χ1n) is 7.43. The van der Waals surface area contributed by atoms with Crippen molar-refractivity contribution in [2.24, 2.45) is 0 Å². The van der Waals surface area contributed by atoms with Crippen molar-refractivity contribution in [1.82, 2.24) is 9.88 Å². The Labute approximate surface area is 145 Å². The number of aryl methyl sites for hydroxylation is 1. The fraction of sp³-hybridized carbons (Fsp3) is 0.167. The van der Waals surface area contributed by atoms with E-state index >= 15 is 0 Å². The van der Waals surface area contributed by atoms with Crippen LogP contribution in [0, 0.1) is 6.92 Å². The summed E-state index contributed by atoms with van der Waals surface area (Å²) in [4.78, 5) is 30.0. The molecular weight excluding hydrogens is 322 g/mol. The van der Waals surface area contributed by atoms with Crippen LogP contribution in [0.15, 0.2) is 54.4 Å². The van der Waals surface area contributed by atoms with Crippen molar-refractivity contribution in [3.63, 3.8) is 0 Å². The Hall–Kier alpha value is -2.73. The highest BCUT2D eigenvalue weighted by Gasteiger charge is 2.14. The maximum atomic E-state index is 12.3. The smallest absolute Gasteiger partial charge is 0.247 e. The number of nitrogens with one attached hydrogen (secondary N) is 1. The van der Waals surface area contributed by atoms with Gasteiger partial charge in [-0.05, 0) is 18.6 Å². The lowest BCUT2D eigenvalue weighted by Crippen LogP contribution is -2.37. The van der Waals surface area contributed by atoms with Gasteiger partial charge in [-0.25, -0.2) is 4.98 Å². The first kappa shape index (κ1) is 17.6. The Morgan fingerprint density at radius 3 is 2.71 bits per heavy atom. The summed E-state index contributed by atoms with van der Waals surface area (Å²) in [5, 5.41) is 5.08. The van der Waals surface area contributed by atoms with E-state index in [1.807, 2.05) is 42.6 Å². The van der Waals surface area contributed by atoms with Gasteiger partial charge in [0.2, 0.25) is 11.8 Å². The van der Waals surface area contributed by atoms with Crippen LogP contribution in [0.2, 0.25) is 0 Å². The van der Waals surface area contributed by atoms with E-state index in [0.29, 0.717) is 11.7 Å². The summed E-state index contributed by atoms with van der Waals surface area (Å²) in [7, 11) is 0. The summed E-state index contributed by atoms with van der Waals surface area (Å²) in [6, 6.07) is 9.51. The number of nitrogens with zero attached hydrogens (tertiary/aromatic N) is 2. The Bertz CT molecular complexity index is 738. The molecule has 0 bridgehead atoms. The fourth-order valence-corrected chi connectivity index (χ4v) is 2.67. The summed E-state index contributed by atoms with van der Waals surface area (Å²) in [5.41, 5.74) is 1.77. The van der Waals surface area contributed by atoms with Gasteiger partial charge >= 0.3 is 0 Å². The van der Waals surface area contributed by atoms with Gasteiger partial charge in [0, 0.05) is 18.0 Å². The summed E-state index contributed by atoms with van der Waals surface area (Å²) in [6.07, 6.45) is 4.77. The first-order valence-corrected chi connectivity index (χ1v) is 8.31. The van der Waals surface area contributed by atoms with E-state index in [9.17, 15) is 9.59 Å². The molecule has 1 N–H and O–H groups in total. The van der Waals surface area contributed by atoms with Crippen LogP contribution >= 0.6 is 11.3 Å². The fourth-order valence-electron chi connectivity index (χ4n) is 1.97. The van der Waals surface area contributed by atoms with E-state index in [2.05, 4.69) is 16.9 Å². The lowest BCUT2D eigenvalue weighted by molar-refractivity contribution is -0.130. The van der Waals surface area contributed by atoms with Gasteiger partial charge in [0.1, 0.15) is 6.54 Å². The number of amides is 2. The second-order valence-electron chi connectivity index (χ2n) is 5.09. The van der Waals surface area contributed by atoms with Crippen molar-refractivity contribution in [3.05, 3.63) is 65.7 Å². The highest BCUT2D eigenvalue weighted by atomic mass is 32.1. The van der Waals surface area contributed by atoms with Crippen molar-refractivity contribution in [2.75, 3.05) is 18.4 Å². The number of benzene rings is 1. The quantitative estimate of drug-likeness (QED) is 0.622. The number of thiazole rings is 1. The summed E-state index contributed by atoms with van der Waals surface area (Å²) in [6.45, 7) is 5.73. The maximum Gasteiger partial charge on any atom is 0.247 e. The van der Waals surface area contributed by atoms with E-state index < -0.39 is 0 Å². The monoisotopic (exact) mass is 341 g/mol. The molecule has 2 aromatic rings. The van der Waals surface area contributed by atoms with Crippen molar-refractivity contribution >= 4 is 34.4 Å². The Morgan fingerprint density at radius 2 is 2.08 bits per heavy atom.